The zero-order valence-electron chi connectivity index (χ0n) is 38.1. The number of benzene rings is 13. The first-order valence-electron chi connectivity index (χ1n) is 24.2. The molecule has 0 aliphatic carbocycles. The topological polar surface area (TPSA) is 9.86 Å². The summed E-state index contributed by atoms with van der Waals surface area (Å²) < 4.78 is 4.89. The monoisotopic (exact) mass is 886 g/mol. The molecule has 0 unspecified atom stereocenters. The van der Waals surface area contributed by atoms with Crippen LogP contribution in [0.3, 0.4) is 0 Å². The second-order valence-corrected chi connectivity index (χ2v) is 18.8. The maximum atomic E-state index is 2.45. The van der Waals surface area contributed by atoms with E-state index in [1.165, 1.54) is 131 Å². The number of aromatic nitrogens is 2. The molecule has 324 valence electrons. The SMILES string of the molecule is c1ccc(-c2c3ccc(-n4c5ccccc5c5ccccc54)cc3c(-c3ccc(-c4cccc5c4ccc4cc6ccccc6cc45)cc3)c3ccc(-n4c5ccccc5c5ccccc54)cc23)cc1. The van der Waals surface area contributed by atoms with E-state index in [1.54, 1.807) is 0 Å². The lowest BCUT2D eigenvalue weighted by Gasteiger charge is -2.21. The van der Waals surface area contributed by atoms with Crippen LogP contribution in [0.4, 0.5) is 0 Å². The van der Waals surface area contributed by atoms with Gasteiger partial charge >= 0.3 is 0 Å². The van der Waals surface area contributed by atoms with E-state index < -0.39 is 0 Å². The van der Waals surface area contributed by atoms with Gasteiger partial charge in [0, 0.05) is 32.9 Å². The molecule has 0 atom stereocenters. The fourth-order valence-electron chi connectivity index (χ4n) is 12.0. The predicted molar refractivity (Wildman–Crippen MR) is 299 cm³/mol. The lowest BCUT2D eigenvalue weighted by Crippen LogP contribution is -1.98. The Kier molecular flexibility index (Phi) is 8.39. The lowest BCUT2D eigenvalue weighted by molar-refractivity contribution is 1.18. The van der Waals surface area contributed by atoms with Crippen LogP contribution in [0.5, 0.6) is 0 Å². The highest BCUT2D eigenvalue weighted by Gasteiger charge is 2.21. The first kappa shape index (κ1) is 38.8. The van der Waals surface area contributed by atoms with Gasteiger partial charge in [0.2, 0.25) is 0 Å². The fourth-order valence-corrected chi connectivity index (χ4v) is 12.0. The van der Waals surface area contributed by atoms with Crippen LogP contribution in [0.25, 0.3) is 142 Å². The van der Waals surface area contributed by atoms with Crippen molar-refractivity contribution in [2.24, 2.45) is 0 Å². The average molecular weight is 887 g/mol. The summed E-state index contributed by atoms with van der Waals surface area (Å²) in [6.45, 7) is 0. The molecule has 0 radical (unpaired) electrons. The molecule has 0 fully saturated rings. The molecule has 2 heterocycles. The normalized spacial score (nSPS) is 12.0. The van der Waals surface area contributed by atoms with E-state index in [0.29, 0.717) is 0 Å². The van der Waals surface area contributed by atoms with Gasteiger partial charge in [-0.25, -0.2) is 0 Å². The number of para-hydroxylation sites is 4. The minimum atomic E-state index is 1.14. The maximum Gasteiger partial charge on any atom is 0.0541 e. The number of hydrogen-bond acceptors (Lipinski definition) is 0. The van der Waals surface area contributed by atoms with Gasteiger partial charge in [-0.2, -0.15) is 0 Å². The van der Waals surface area contributed by atoms with Crippen molar-refractivity contribution in [2.45, 2.75) is 0 Å². The van der Waals surface area contributed by atoms with E-state index in [9.17, 15) is 0 Å². The molecule has 0 N–H and O–H groups in total. The quantitative estimate of drug-likeness (QED) is 0.120. The number of rotatable bonds is 5. The molecule has 0 saturated heterocycles. The van der Waals surface area contributed by atoms with Gasteiger partial charge in [-0.05, 0) is 148 Å². The van der Waals surface area contributed by atoms with E-state index in [1.807, 2.05) is 0 Å². The molecule has 0 amide bonds. The van der Waals surface area contributed by atoms with Crippen molar-refractivity contribution in [1.82, 2.24) is 9.13 Å². The second-order valence-electron chi connectivity index (χ2n) is 18.8. The van der Waals surface area contributed by atoms with Crippen molar-refractivity contribution in [2.75, 3.05) is 0 Å². The van der Waals surface area contributed by atoms with Gasteiger partial charge < -0.3 is 9.13 Å². The van der Waals surface area contributed by atoms with Crippen LogP contribution in [0.2, 0.25) is 0 Å². The van der Waals surface area contributed by atoms with Crippen LogP contribution in [0.1, 0.15) is 0 Å². The van der Waals surface area contributed by atoms with Crippen LogP contribution in [0, 0.1) is 0 Å². The minimum Gasteiger partial charge on any atom is -0.309 e. The van der Waals surface area contributed by atoms with Gasteiger partial charge in [0.05, 0.1) is 22.1 Å². The van der Waals surface area contributed by atoms with E-state index in [2.05, 4.69) is 264 Å². The molecule has 2 heteroatoms. The Hall–Kier alpha value is -9.24. The van der Waals surface area contributed by atoms with Crippen molar-refractivity contribution in [3.8, 4) is 44.8 Å². The van der Waals surface area contributed by atoms with Crippen LogP contribution in [-0.4, -0.2) is 9.13 Å². The molecule has 0 spiro atoms. The zero-order chi connectivity index (χ0) is 45.9. The molecule has 2 nitrogen and oxygen atoms in total. The van der Waals surface area contributed by atoms with Crippen molar-refractivity contribution < 1.29 is 0 Å². The van der Waals surface area contributed by atoms with Crippen LogP contribution in [-0.2, 0) is 0 Å². The standard InChI is InChI=1S/C68H42N2/c1-2-15-44(16-3-1)67-58-37-34-50(70-65-27-12-8-21-56(65)57-22-9-13-28-66(57)70)42-62(58)68(59-38-35-49(41-61(59)67)69-63-25-10-6-19-54(63)55-20-7-11-26-64(55)69)45-31-29-43(30-32-45)51-23-14-24-52-53(51)36-33-48-39-46-17-4-5-18-47(46)40-60(48)52/h1-42H. The third-order valence-corrected chi connectivity index (χ3v) is 15.1. The van der Waals surface area contributed by atoms with Crippen molar-refractivity contribution in [3.63, 3.8) is 0 Å². The van der Waals surface area contributed by atoms with Gasteiger partial charge in [0.1, 0.15) is 0 Å². The molecule has 2 aromatic heterocycles. The largest absolute Gasteiger partial charge is 0.309 e. The smallest absolute Gasteiger partial charge is 0.0541 e. The summed E-state index contributed by atoms with van der Waals surface area (Å²) in [7, 11) is 0. The Morgan fingerprint density at radius 3 is 1.17 bits per heavy atom. The Morgan fingerprint density at radius 1 is 0.200 bits per heavy atom. The minimum absolute atomic E-state index is 1.14. The molecule has 15 rings (SSSR count). The zero-order valence-corrected chi connectivity index (χ0v) is 38.1. The van der Waals surface area contributed by atoms with Gasteiger partial charge in [0.25, 0.3) is 0 Å². The Bertz CT molecular complexity index is 4520. The molecular weight excluding hydrogens is 845 g/mol. The van der Waals surface area contributed by atoms with Gasteiger partial charge in [-0.3, -0.25) is 0 Å². The summed E-state index contributed by atoms with van der Waals surface area (Å²) in [5.74, 6) is 0. The highest BCUT2D eigenvalue weighted by molar-refractivity contribution is 6.23. The summed E-state index contributed by atoms with van der Waals surface area (Å²) in [6, 6.07) is 94.6. The predicted octanol–water partition coefficient (Wildman–Crippen LogP) is 18.6. The molecule has 0 aliphatic rings. The molecule has 0 saturated carbocycles. The molecule has 13 aromatic carbocycles. The highest BCUT2D eigenvalue weighted by Crippen LogP contribution is 2.47. The molecule has 0 aliphatic heterocycles. The fraction of sp³-hybridized carbons (Fsp3) is 0. The summed E-state index contributed by atoms with van der Waals surface area (Å²) in [4.78, 5) is 0. The van der Waals surface area contributed by atoms with E-state index in [4.69, 9.17) is 0 Å². The van der Waals surface area contributed by atoms with Gasteiger partial charge in [0.15, 0.2) is 0 Å². The van der Waals surface area contributed by atoms with E-state index >= 15 is 0 Å². The van der Waals surface area contributed by atoms with Crippen LogP contribution < -0.4 is 0 Å². The second kappa shape index (κ2) is 15.1. The Morgan fingerprint density at radius 2 is 0.629 bits per heavy atom. The van der Waals surface area contributed by atoms with E-state index in [-0.39, 0.29) is 0 Å². The van der Waals surface area contributed by atoms with Gasteiger partial charge in [-0.1, -0.05) is 194 Å². The van der Waals surface area contributed by atoms with Crippen molar-refractivity contribution in [3.05, 3.63) is 255 Å². The van der Waals surface area contributed by atoms with Gasteiger partial charge in [-0.15, -0.1) is 0 Å². The third kappa shape index (κ3) is 5.74. The third-order valence-electron chi connectivity index (χ3n) is 15.1. The van der Waals surface area contributed by atoms with Crippen molar-refractivity contribution >= 4 is 97.5 Å². The van der Waals surface area contributed by atoms with Crippen LogP contribution in [0.15, 0.2) is 255 Å². The number of nitrogens with zero attached hydrogens (tertiary/aromatic N) is 2. The molecular formula is C68H42N2. The average Bonchev–Trinajstić information content (AvgIpc) is 3.95. The van der Waals surface area contributed by atoms with E-state index in [0.717, 1.165) is 11.4 Å². The molecule has 0 bridgehead atoms. The number of fused-ring (bicyclic) bond motifs is 12. The summed E-state index contributed by atoms with van der Waals surface area (Å²) in [5, 5.41) is 17.5. The van der Waals surface area contributed by atoms with Crippen molar-refractivity contribution in [1.29, 1.82) is 0 Å². The maximum absolute atomic E-state index is 2.45. The summed E-state index contributed by atoms with van der Waals surface area (Å²) in [5.41, 5.74) is 14.3. The first-order valence-corrected chi connectivity index (χ1v) is 24.2. The molecule has 70 heavy (non-hydrogen) atoms. The van der Waals surface area contributed by atoms with Crippen LogP contribution >= 0.6 is 0 Å². The number of hydrogen-bond donors (Lipinski definition) is 0. The summed E-state index contributed by atoms with van der Waals surface area (Å²) >= 11 is 0. The summed E-state index contributed by atoms with van der Waals surface area (Å²) in [6.07, 6.45) is 0. The Balaban J connectivity index is 1.00. The highest BCUT2D eigenvalue weighted by atomic mass is 15.0. The first-order chi connectivity index (χ1) is 34.7. The Labute approximate surface area is 404 Å². The lowest BCUT2D eigenvalue weighted by atomic mass is 9.85. The molecule has 15 aromatic rings.